The Morgan fingerprint density at radius 3 is 2.06 bits per heavy atom. The van der Waals surface area contributed by atoms with E-state index in [-0.39, 0.29) is 5.41 Å². The molecule has 1 aliphatic carbocycles. The molecule has 0 fully saturated rings. The number of hydrogen-bond acceptors (Lipinski definition) is 2. The lowest BCUT2D eigenvalue weighted by atomic mass is 9.82. The second-order valence-electron chi connectivity index (χ2n) is 13.4. The molecule has 2 aromatic heterocycles. The monoisotopic (exact) mass is 613 g/mol. The highest BCUT2D eigenvalue weighted by Crippen LogP contribution is 2.51. The van der Waals surface area contributed by atoms with Gasteiger partial charge in [0.1, 0.15) is 5.82 Å². The molecule has 7 aromatic carbocycles. The highest BCUT2D eigenvalue weighted by molar-refractivity contribution is 6.11. The normalized spacial score (nSPS) is 13.4. The molecule has 2 heterocycles. The van der Waals surface area contributed by atoms with Gasteiger partial charge in [0.25, 0.3) is 0 Å². The van der Waals surface area contributed by atoms with E-state index < -0.39 is 0 Å². The van der Waals surface area contributed by atoms with Crippen molar-refractivity contribution in [2.45, 2.75) is 19.3 Å². The Bertz CT molecular complexity index is 2770. The average Bonchev–Trinajstić information content (AvgIpc) is 3.59. The SMILES string of the molecule is CC1(C)c2ccccc2-c2c(-c3nc(-n4c5ccccc5c5cc(-c6ccc7ccccc7c6)ccc54)c4ccccc4n3)cccc21. The van der Waals surface area contributed by atoms with Gasteiger partial charge in [-0.3, -0.25) is 4.57 Å². The van der Waals surface area contributed by atoms with Gasteiger partial charge in [-0.1, -0.05) is 129 Å². The first-order valence-corrected chi connectivity index (χ1v) is 16.6. The molecule has 3 heteroatoms. The molecule has 0 saturated heterocycles. The molecule has 0 aliphatic heterocycles. The van der Waals surface area contributed by atoms with Crippen molar-refractivity contribution in [3.05, 3.63) is 163 Å². The van der Waals surface area contributed by atoms with Crippen LogP contribution in [0.3, 0.4) is 0 Å². The van der Waals surface area contributed by atoms with Gasteiger partial charge in [-0.15, -0.1) is 0 Å². The molecular weight excluding hydrogens is 583 g/mol. The lowest BCUT2D eigenvalue weighted by molar-refractivity contribution is 0.660. The van der Waals surface area contributed by atoms with Crippen LogP contribution in [0, 0.1) is 0 Å². The van der Waals surface area contributed by atoms with Gasteiger partial charge < -0.3 is 0 Å². The first-order chi connectivity index (χ1) is 23.6. The van der Waals surface area contributed by atoms with Crippen molar-refractivity contribution in [1.82, 2.24) is 14.5 Å². The molecular formula is C45H31N3. The highest BCUT2D eigenvalue weighted by Gasteiger charge is 2.37. The van der Waals surface area contributed by atoms with Crippen LogP contribution in [0.25, 0.3) is 82.9 Å². The second kappa shape index (κ2) is 9.97. The first-order valence-electron chi connectivity index (χ1n) is 16.6. The van der Waals surface area contributed by atoms with Crippen molar-refractivity contribution in [3.8, 4) is 39.5 Å². The number of aromatic nitrogens is 3. The van der Waals surface area contributed by atoms with Crippen molar-refractivity contribution >= 4 is 43.5 Å². The summed E-state index contributed by atoms with van der Waals surface area (Å²) in [7, 11) is 0. The molecule has 48 heavy (non-hydrogen) atoms. The summed E-state index contributed by atoms with van der Waals surface area (Å²) < 4.78 is 2.34. The van der Waals surface area contributed by atoms with Crippen LogP contribution in [0.1, 0.15) is 25.0 Å². The Hall–Kier alpha value is -6.06. The van der Waals surface area contributed by atoms with Crippen LogP contribution in [0.4, 0.5) is 0 Å². The Morgan fingerprint density at radius 1 is 0.479 bits per heavy atom. The van der Waals surface area contributed by atoms with Gasteiger partial charge in [-0.2, -0.15) is 0 Å². The quantitative estimate of drug-likeness (QED) is 0.198. The molecule has 0 spiro atoms. The van der Waals surface area contributed by atoms with E-state index >= 15 is 0 Å². The first kappa shape index (κ1) is 27.1. The molecule has 0 bridgehead atoms. The molecule has 9 aromatic rings. The van der Waals surface area contributed by atoms with E-state index in [4.69, 9.17) is 9.97 Å². The third kappa shape index (κ3) is 3.82. The average molecular weight is 614 g/mol. The zero-order valence-electron chi connectivity index (χ0n) is 26.8. The molecule has 0 radical (unpaired) electrons. The summed E-state index contributed by atoms with van der Waals surface area (Å²) in [6, 6.07) is 54.6. The summed E-state index contributed by atoms with van der Waals surface area (Å²) in [4.78, 5) is 10.7. The van der Waals surface area contributed by atoms with E-state index in [1.54, 1.807) is 0 Å². The van der Waals surface area contributed by atoms with Gasteiger partial charge in [0.2, 0.25) is 0 Å². The van der Waals surface area contributed by atoms with Crippen LogP contribution in [-0.2, 0) is 5.41 Å². The summed E-state index contributed by atoms with van der Waals surface area (Å²) in [6.07, 6.45) is 0. The summed E-state index contributed by atoms with van der Waals surface area (Å²) >= 11 is 0. The number of fused-ring (bicyclic) bond motifs is 8. The Morgan fingerprint density at radius 2 is 1.15 bits per heavy atom. The van der Waals surface area contributed by atoms with Crippen LogP contribution in [0.15, 0.2) is 152 Å². The number of rotatable bonds is 3. The largest absolute Gasteiger partial charge is 0.293 e. The Balaban J connectivity index is 1.23. The maximum absolute atomic E-state index is 5.48. The second-order valence-corrected chi connectivity index (χ2v) is 13.4. The third-order valence-electron chi connectivity index (χ3n) is 10.4. The molecule has 0 saturated carbocycles. The van der Waals surface area contributed by atoms with Gasteiger partial charge in [0, 0.05) is 27.1 Å². The lowest BCUT2D eigenvalue weighted by Crippen LogP contribution is -2.14. The van der Waals surface area contributed by atoms with Gasteiger partial charge in [-0.25, -0.2) is 9.97 Å². The Labute approximate surface area is 278 Å². The standard InChI is InChI=1S/C45H31N3/c1-45(2)37-18-8-5-15-33(37)42-35(17-11-19-38(42)45)43-46-39-20-9-6-16-34(39)44(47-43)48-40-21-10-7-14-32(40)36-27-31(24-25-41(36)48)30-23-22-28-12-3-4-13-29(28)26-30/h3-27H,1-2H3. The van der Waals surface area contributed by atoms with Crippen LogP contribution < -0.4 is 0 Å². The predicted molar refractivity (Wildman–Crippen MR) is 200 cm³/mol. The van der Waals surface area contributed by atoms with Gasteiger partial charge in [0.15, 0.2) is 5.82 Å². The van der Waals surface area contributed by atoms with E-state index in [1.807, 2.05) is 0 Å². The smallest absolute Gasteiger partial charge is 0.162 e. The molecule has 3 nitrogen and oxygen atoms in total. The van der Waals surface area contributed by atoms with Crippen molar-refractivity contribution in [2.75, 3.05) is 0 Å². The van der Waals surface area contributed by atoms with Crippen molar-refractivity contribution in [3.63, 3.8) is 0 Å². The van der Waals surface area contributed by atoms with E-state index in [2.05, 4.69) is 170 Å². The maximum atomic E-state index is 5.48. The van der Waals surface area contributed by atoms with E-state index in [9.17, 15) is 0 Å². The molecule has 226 valence electrons. The van der Waals surface area contributed by atoms with Gasteiger partial charge in [-0.05, 0) is 80.6 Å². The minimum absolute atomic E-state index is 0.100. The van der Waals surface area contributed by atoms with Gasteiger partial charge >= 0.3 is 0 Å². The predicted octanol–water partition coefficient (Wildman–Crippen LogP) is 11.5. The Kier molecular flexibility index (Phi) is 5.63. The van der Waals surface area contributed by atoms with E-state index in [0.717, 1.165) is 39.1 Å². The van der Waals surface area contributed by atoms with Crippen LogP contribution in [0.5, 0.6) is 0 Å². The van der Waals surface area contributed by atoms with Gasteiger partial charge in [0.05, 0.1) is 16.6 Å². The minimum atomic E-state index is -0.100. The van der Waals surface area contributed by atoms with Crippen LogP contribution >= 0.6 is 0 Å². The van der Waals surface area contributed by atoms with E-state index in [0.29, 0.717) is 0 Å². The molecule has 0 N–H and O–H groups in total. The topological polar surface area (TPSA) is 30.7 Å². The summed E-state index contributed by atoms with van der Waals surface area (Å²) in [5, 5.41) is 5.93. The minimum Gasteiger partial charge on any atom is -0.293 e. The fourth-order valence-electron chi connectivity index (χ4n) is 8.04. The fourth-order valence-corrected chi connectivity index (χ4v) is 8.04. The van der Waals surface area contributed by atoms with Crippen LogP contribution in [0.2, 0.25) is 0 Å². The third-order valence-corrected chi connectivity index (χ3v) is 10.4. The summed E-state index contributed by atoms with van der Waals surface area (Å²) in [5.41, 5.74) is 11.7. The molecule has 0 unspecified atom stereocenters. The van der Waals surface area contributed by atoms with Crippen LogP contribution in [-0.4, -0.2) is 14.5 Å². The summed E-state index contributed by atoms with van der Waals surface area (Å²) in [5.74, 6) is 1.63. The lowest BCUT2D eigenvalue weighted by Gasteiger charge is -2.21. The number of benzene rings is 7. The summed E-state index contributed by atoms with van der Waals surface area (Å²) in [6.45, 7) is 4.64. The maximum Gasteiger partial charge on any atom is 0.162 e. The zero-order valence-corrected chi connectivity index (χ0v) is 26.8. The number of para-hydroxylation sites is 2. The van der Waals surface area contributed by atoms with Crippen molar-refractivity contribution in [2.24, 2.45) is 0 Å². The molecule has 10 rings (SSSR count). The molecule has 0 amide bonds. The zero-order chi connectivity index (χ0) is 32.0. The number of nitrogens with zero attached hydrogens (tertiary/aromatic N) is 3. The van der Waals surface area contributed by atoms with Crippen molar-refractivity contribution < 1.29 is 0 Å². The molecule has 0 atom stereocenters. The fraction of sp³-hybridized carbons (Fsp3) is 0.0667. The molecule has 1 aliphatic rings. The van der Waals surface area contributed by atoms with E-state index in [1.165, 1.54) is 54.9 Å². The van der Waals surface area contributed by atoms with Crippen molar-refractivity contribution in [1.29, 1.82) is 0 Å². The number of hydrogen-bond donors (Lipinski definition) is 0. The highest BCUT2D eigenvalue weighted by atomic mass is 15.1.